The highest BCUT2D eigenvalue weighted by Crippen LogP contribution is 2.11. The van der Waals surface area contributed by atoms with Gasteiger partial charge in [-0.15, -0.1) is 0 Å². The first kappa shape index (κ1) is 12.6. The molecule has 1 rings (SSSR count). The third kappa shape index (κ3) is 4.83. The maximum absolute atomic E-state index is 8.88. The molecule has 1 atom stereocenters. The molecule has 0 amide bonds. The Hall–Kier alpha value is -1.50. The second kappa shape index (κ2) is 6.89. The molecule has 0 bridgehead atoms. The van der Waals surface area contributed by atoms with Crippen molar-refractivity contribution >= 4 is 0 Å². The zero-order valence-electron chi connectivity index (χ0n) is 9.56. The van der Waals surface area contributed by atoms with Crippen LogP contribution in [0.5, 0.6) is 5.75 Å². The van der Waals surface area contributed by atoms with Crippen molar-refractivity contribution < 1.29 is 14.6 Å². The second-order valence-corrected chi connectivity index (χ2v) is 3.34. The van der Waals surface area contributed by atoms with Gasteiger partial charge in [-0.3, -0.25) is 0 Å². The van der Waals surface area contributed by atoms with E-state index in [2.05, 4.69) is 11.8 Å². The summed E-state index contributed by atoms with van der Waals surface area (Å²) in [5.41, 5.74) is 1.07. The summed E-state index contributed by atoms with van der Waals surface area (Å²) in [7, 11) is 1.64. The molecule has 0 fully saturated rings. The number of rotatable bonds is 4. The van der Waals surface area contributed by atoms with E-state index in [4.69, 9.17) is 14.6 Å². The average molecular weight is 220 g/mol. The van der Waals surface area contributed by atoms with E-state index in [1.807, 2.05) is 24.3 Å². The molecule has 16 heavy (non-hydrogen) atoms. The largest absolute Gasteiger partial charge is 0.497 e. The number of aliphatic hydroxyl groups is 1. The average Bonchev–Trinajstić information content (AvgIpc) is 2.29. The number of aliphatic hydroxyl groups excluding tert-OH is 1. The van der Waals surface area contributed by atoms with Crippen LogP contribution in [0.3, 0.4) is 0 Å². The van der Waals surface area contributed by atoms with Crippen molar-refractivity contribution in [2.24, 2.45) is 0 Å². The molecule has 0 aromatic heterocycles. The summed E-state index contributed by atoms with van der Waals surface area (Å²) in [5, 5.41) is 8.88. The Bertz CT molecular complexity index is 357. The topological polar surface area (TPSA) is 38.7 Å². The molecule has 0 saturated carbocycles. The maximum Gasteiger partial charge on any atom is 0.118 e. The van der Waals surface area contributed by atoms with Gasteiger partial charge in [0.05, 0.1) is 13.7 Å². The van der Waals surface area contributed by atoms with Gasteiger partial charge in [-0.05, 0) is 24.6 Å². The van der Waals surface area contributed by atoms with Crippen LogP contribution < -0.4 is 4.74 Å². The number of ether oxygens (including phenoxy) is 2. The summed E-state index contributed by atoms with van der Waals surface area (Å²) in [6, 6.07) is 7.67. The quantitative estimate of drug-likeness (QED) is 0.618. The molecule has 3 heteroatoms. The van der Waals surface area contributed by atoms with Crippen molar-refractivity contribution in [1.82, 2.24) is 0 Å². The molecule has 0 aliphatic carbocycles. The molecule has 0 aliphatic heterocycles. The molecule has 86 valence electrons. The Balaban J connectivity index is 2.30. The van der Waals surface area contributed by atoms with Crippen LogP contribution >= 0.6 is 0 Å². The zero-order valence-corrected chi connectivity index (χ0v) is 9.56. The van der Waals surface area contributed by atoms with Crippen LogP contribution in [0.25, 0.3) is 0 Å². The Kier molecular flexibility index (Phi) is 5.41. The van der Waals surface area contributed by atoms with Crippen LogP contribution in [-0.2, 0) is 11.3 Å². The van der Waals surface area contributed by atoms with Crippen LogP contribution in [0.15, 0.2) is 24.3 Å². The van der Waals surface area contributed by atoms with Gasteiger partial charge in [0.2, 0.25) is 0 Å². The van der Waals surface area contributed by atoms with Crippen LogP contribution in [-0.4, -0.2) is 24.9 Å². The molecule has 0 saturated heterocycles. The van der Waals surface area contributed by atoms with E-state index in [0.717, 1.165) is 11.3 Å². The van der Waals surface area contributed by atoms with Gasteiger partial charge in [-0.2, -0.15) is 0 Å². The number of hydrogen-bond donors (Lipinski definition) is 1. The monoisotopic (exact) mass is 220 g/mol. The van der Waals surface area contributed by atoms with Crippen LogP contribution in [0.1, 0.15) is 12.5 Å². The maximum atomic E-state index is 8.88. The van der Waals surface area contributed by atoms with E-state index in [1.165, 1.54) is 0 Å². The highest BCUT2D eigenvalue weighted by atomic mass is 16.5. The highest BCUT2D eigenvalue weighted by Gasteiger charge is 1.93. The summed E-state index contributed by atoms with van der Waals surface area (Å²) in [6.45, 7) is 2.46. The molecular formula is C13H16O3. The van der Waals surface area contributed by atoms with Gasteiger partial charge < -0.3 is 14.6 Å². The van der Waals surface area contributed by atoms with Gasteiger partial charge in [-0.1, -0.05) is 24.0 Å². The van der Waals surface area contributed by atoms with E-state index in [1.54, 1.807) is 14.0 Å². The summed E-state index contributed by atoms with van der Waals surface area (Å²) in [6.07, 6.45) is -0.593. The molecule has 0 spiro atoms. The molecule has 3 nitrogen and oxygen atoms in total. The van der Waals surface area contributed by atoms with Crippen LogP contribution in [0.2, 0.25) is 0 Å². The van der Waals surface area contributed by atoms with E-state index in [0.29, 0.717) is 13.2 Å². The van der Waals surface area contributed by atoms with Crippen molar-refractivity contribution in [1.29, 1.82) is 0 Å². The van der Waals surface area contributed by atoms with Crippen molar-refractivity contribution in [3.05, 3.63) is 29.8 Å². The minimum absolute atomic E-state index is 0.330. The zero-order chi connectivity index (χ0) is 11.8. The summed E-state index contributed by atoms with van der Waals surface area (Å²) in [5.74, 6) is 6.17. The second-order valence-electron chi connectivity index (χ2n) is 3.34. The SMILES string of the molecule is COc1ccc(COCC#C[C@@H](C)O)cc1. The summed E-state index contributed by atoms with van der Waals surface area (Å²) in [4.78, 5) is 0. The normalized spacial score (nSPS) is 11.4. The minimum Gasteiger partial charge on any atom is -0.497 e. The van der Waals surface area contributed by atoms with Crippen molar-refractivity contribution in [3.63, 3.8) is 0 Å². The molecular weight excluding hydrogens is 204 g/mol. The molecule has 0 heterocycles. The summed E-state index contributed by atoms with van der Waals surface area (Å²) >= 11 is 0. The number of methoxy groups -OCH3 is 1. The standard InChI is InChI=1S/C13H16O3/c1-11(14)4-3-9-16-10-12-5-7-13(15-2)8-6-12/h5-8,11,14H,9-10H2,1-2H3/t11-/m1/s1. The van der Waals surface area contributed by atoms with E-state index in [-0.39, 0.29) is 0 Å². The highest BCUT2D eigenvalue weighted by molar-refractivity contribution is 5.26. The van der Waals surface area contributed by atoms with Crippen LogP contribution in [0.4, 0.5) is 0 Å². The first-order valence-corrected chi connectivity index (χ1v) is 5.09. The number of hydrogen-bond acceptors (Lipinski definition) is 3. The van der Waals surface area contributed by atoms with E-state index in [9.17, 15) is 0 Å². The Labute approximate surface area is 96.0 Å². The third-order valence-electron chi connectivity index (χ3n) is 1.91. The van der Waals surface area contributed by atoms with Gasteiger partial charge >= 0.3 is 0 Å². The molecule has 1 aromatic carbocycles. The molecule has 0 aliphatic rings. The fourth-order valence-corrected chi connectivity index (χ4v) is 1.13. The van der Waals surface area contributed by atoms with Crippen molar-refractivity contribution in [2.75, 3.05) is 13.7 Å². The predicted octanol–water partition coefficient (Wildman–Crippen LogP) is 1.60. The first-order chi connectivity index (χ1) is 7.72. The molecule has 1 aromatic rings. The molecule has 0 unspecified atom stereocenters. The van der Waals surface area contributed by atoms with Gasteiger partial charge in [0.25, 0.3) is 0 Å². The first-order valence-electron chi connectivity index (χ1n) is 5.09. The Morgan fingerprint density at radius 2 is 2.00 bits per heavy atom. The van der Waals surface area contributed by atoms with Crippen molar-refractivity contribution in [3.8, 4) is 17.6 Å². The van der Waals surface area contributed by atoms with Gasteiger partial charge in [-0.25, -0.2) is 0 Å². The fourth-order valence-electron chi connectivity index (χ4n) is 1.13. The fraction of sp³-hybridized carbons (Fsp3) is 0.385. The van der Waals surface area contributed by atoms with Crippen LogP contribution in [0, 0.1) is 11.8 Å². The lowest BCUT2D eigenvalue weighted by atomic mass is 10.2. The van der Waals surface area contributed by atoms with Crippen molar-refractivity contribution in [2.45, 2.75) is 19.6 Å². The van der Waals surface area contributed by atoms with Gasteiger partial charge in [0, 0.05) is 0 Å². The smallest absolute Gasteiger partial charge is 0.118 e. The minimum atomic E-state index is -0.593. The Morgan fingerprint density at radius 3 is 2.56 bits per heavy atom. The van der Waals surface area contributed by atoms with E-state index < -0.39 is 6.10 Å². The summed E-state index contributed by atoms with van der Waals surface area (Å²) < 4.78 is 10.4. The van der Waals surface area contributed by atoms with Gasteiger partial charge in [0.15, 0.2) is 0 Å². The lowest BCUT2D eigenvalue weighted by molar-refractivity contribution is 0.153. The molecule has 0 radical (unpaired) electrons. The Morgan fingerprint density at radius 1 is 1.31 bits per heavy atom. The lowest BCUT2D eigenvalue weighted by Crippen LogP contribution is -1.96. The number of benzene rings is 1. The molecule has 1 N–H and O–H groups in total. The lowest BCUT2D eigenvalue weighted by Gasteiger charge is -2.02. The van der Waals surface area contributed by atoms with E-state index >= 15 is 0 Å². The predicted molar refractivity (Wildman–Crippen MR) is 62.1 cm³/mol. The third-order valence-corrected chi connectivity index (χ3v) is 1.91. The van der Waals surface area contributed by atoms with Gasteiger partial charge in [0.1, 0.15) is 18.5 Å².